The Balaban J connectivity index is 2.05. The van der Waals surface area contributed by atoms with Crippen LogP contribution in [-0.2, 0) is 4.79 Å². The third kappa shape index (κ3) is 1.56. The quantitative estimate of drug-likeness (QED) is 0.667. The summed E-state index contributed by atoms with van der Waals surface area (Å²) >= 11 is 0. The summed E-state index contributed by atoms with van der Waals surface area (Å²) in [6.07, 6.45) is 3.00. The predicted octanol–water partition coefficient (Wildman–Crippen LogP) is -0.0547. The summed E-state index contributed by atoms with van der Waals surface area (Å²) in [5, 5.41) is 4.08. The predicted molar refractivity (Wildman–Crippen MR) is 49.7 cm³/mol. The van der Waals surface area contributed by atoms with Gasteiger partial charge in [0.05, 0.1) is 0 Å². The highest BCUT2D eigenvalue weighted by Crippen LogP contribution is 2.32. The first-order chi connectivity index (χ1) is 6.24. The molecule has 0 spiro atoms. The van der Waals surface area contributed by atoms with Crippen molar-refractivity contribution < 1.29 is 4.79 Å². The van der Waals surface area contributed by atoms with Gasteiger partial charge in [0.1, 0.15) is 0 Å². The summed E-state index contributed by atoms with van der Waals surface area (Å²) in [7, 11) is 0. The highest BCUT2D eigenvalue weighted by molar-refractivity contribution is 5.78. The van der Waals surface area contributed by atoms with E-state index in [1.54, 1.807) is 0 Å². The Labute approximate surface area is 78.6 Å². The Morgan fingerprint density at radius 3 is 2.85 bits per heavy atom. The molecule has 2 fully saturated rings. The molecule has 1 saturated heterocycles. The van der Waals surface area contributed by atoms with Gasteiger partial charge in [-0.15, -0.1) is 0 Å². The molecule has 1 unspecified atom stereocenters. The van der Waals surface area contributed by atoms with Gasteiger partial charge in [-0.3, -0.25) is 9.80 Å². The molecule has 0 bridgehead atoms. The molecule has 0 aromatic rings. The van der Waals surface area contributed by atoms with Crippen molar-refractivity contribution in [1.29, 1.82) is 0 Å². The molecule has 4 nitrogen and oxygen atoms in total. The van der Waals surface area contributed by atoms with Gasteiger partial charge in [0.15, 0.2) is 0 Å². The third-order valence-electron chi connectivity index (χ3n) is 2.83. The van der Waals surface area contributed by atoms with Crippen LogP contribution in [0.3, 0.4) is 0 Å². The minimum atomic E-state index is 0.280. The fourth-order valence-corrected chi connectivity index (χ4v) is 1.86. The monoisotopic (exact) mass is 183 g/mol. The molecule has 1 heterocycles. The molecular weight excluding hydrogens is 166 g/mol. The van der Waals surface area contributed by atoms with Crippen LogP contribution in [0, 0.1) is 0 Å². The summed E-state index contributed by atoms with van der Waals surface area (Å²) in [4.78, 5) is 11.5. The Morgan fingerprint density at radius 2 is 2.31 bits per heavy atom. The second kappa shape index (κ2) is 3.27. The van der Waals surface area contributed by atoms with Gasteiger partial charge in [0.2, 0.25) is 5.91 Å². The van der Waals surface area contributed by atoms with E-state index in [-0.39, 0.29) is 5.91 Å². The van der Waals surface area contributed by atoms with Crippen molar-refractivity contribution >= 4 is 5.91 Å². The first kappa shape index (κ1) is 8.97. The van der Waals surface area contributed by atoms with E-state index in [4.69, 9.17) is 5.73 Å². The molecule has 0 aromatic heterocycles. The average Bonchev–Trinajstić information content (AvgIpc) is 2.89. The number of hydrogen-bond donors (Lipinski definition) is 1. The maximum absolute atomic E-state index is 11.5. The summed E-state index contributed by atoms with van der Waals surface area (Å²) < 4.78 is 0. The summed E-state index contributed by atoms with van der Waals surface area (Å²) in [6.45, 7) is 3.55. The summed E-state index contributed by atoms with van der Waals surface area (Å²) in [6, 6.07) is 0.788. The molecule has 1 atom stereocenters. The van der Waals surface area contributed by atoms with E-state index in [0.717, 1.165) is 6.54 Å². The van der Waals surface area contributed by atoms with Crippen molar-refractivity contribution in [3.8, 4) is 0 Å². The zero-order valence-electron chi connectivity index (χ0n) is 8.07. The molecule has 74 valence electrons. The lowest BCUT2D eigenvalue weighted by molar-refractivity contribution is -0.141. The van der Waals surface area contributed by atoms with Crippen LogP contribution in [0.2, 0.25) is 0 Å². The smallest absolute Gasteiger partial charge is 0.238 e. The standard InChI is InChI=1S/C9H17N3O/c1-7(6-10)11-5-4-9(13)12(11)8-2-3-8/h7-8H,2-6,10H2,1H3. The second-order valence-corrected chi connectivity index (χ2v) is 3.97. The van der Waals surface area contributed by atoms with E-state index in [9.17, 15) is 4.79 Å². The van der Waals surface area contributed by atoms with Crippen LogP contribution >= 0.6 is 0 Å². The lowest BCUT2D eigenvalue weighted by atomic mass is 10.3. The van der Waals surface area contributed by atoms with Crippen LogP contribution in [-0.4, -0.2) is 41.1 Å². The first-order valence-corrected chi connectivity index (χ1v) is 5.02. The number of nitrogens with zero attached hydrogens (tertiary/aromatic N) is 2. The van der Waals surface area contributed by atoms with Gasteiger partial charge in [-0.1, -0.05) is 0 Å². The summed E-state index contributed by atoms with van der Waals surface area (Å²) in [5.74, 6) is 0.280. The molecule has 2 rings (SSSR count). The molecule has 13 heavy (non-hydrogen) atoms. The van der Waals surface area contributed by atoms with Gasteiger partial charge in [-0.25, -0.2) is 5.01 Å². The van der Waals surface area contributed by atoms with Crippen molar-refractivity contribution in [3.63, 3.8) is 0 Å². The van der Waals surface area contributed by atoms with Gasteiger partial charge in [-0.05, 0) is 19.8 Å². The van der Waals surface area contributed by atoms with Crippen LogP contribution in [0.5, 0.6) is 0 Å². The van der Waals surface area contributed by atoms with Crippen molar-refractivity contribution in [2.75, 3.05) is 13.1 Å². The third-order valence-corrected chi connectivity index (χ3v) is 2.83. The zero-order chi connectivity index (χ0) is 9.42. The van der Waals surface area contributed by atoms with Gasteiger partial charge < -0.3 is 5.73 Å². The number of rotatable bonds is 3. The molecule has 0 aromatic carbocycles. The van der Waals surface area contributed by atoms with Crippen molar-refractivity contribution in [1.82, 2.24) is 10.0 Å². The molecule has 1 saturated carbocycles. The number of nitrogens with two attached hydrogens (primary N) is 1. The topological polar surface area (TPSA) is 49.6 Å². The lowest BCUT2D eigenvalue weighted by Crippen LogP contribution is -2.48. The van der Waals surface area contributed by atoms with E-state index in [1.807, 2.05) is 5.01 Å². The Bertz CT molecular complexity index is 215. The number of hydrogen-bond acceptors (Lipinski definition) is 3. The largest absolute Gasteiger partial charge is 0.329 e. The van der Waals surface area contributed by atoms with Gasteiger partial charge in [0, 0.05) is 31.6 Å². The molecule has 1 aliphatic heterocycles. The number of carbonyl (C=O) groups is 1. The van der Waals surface area contributed by atoms with E-state index in [2.05, 4.69) is 11.9 Å². The Hall–Kier alpha value is -0.610. The van der Waals surface area contributed by atoms with Gasteiger partial charge in [0.25, 0.3) is 0 Å². The van der Waals surface area contributed by atoms with E-state index in [0.29, 0.717) is 25.0 Å². The van der Waals surface area contributed by atoms with Crippen molar-refractivity contribution in [3.05, 3.63) is 0 Å². The fourth-order valence-electron chi connectivity index (χ4n) is 1.86. The Morgan fingerprint density at radius 1 is 1.62 bits per heavy atom. The first-order valence-electron chi connectivity index (χ1n) is 5.02. The Kier molecular flexibility index (Phi) is 2.26. The van der Waals surface area contributed by atoms with E-state index >= 15 is 0 Å². The van der Waals surface area contributed by atoms with Crippen LogP contribution in [0.1, 0.15) is 26.2 Å². The van der Waals surface area contributed by atoms with Crippen LogP contribution < -0.4 is 5.73 Å². The minimum absolute atomic E-state index is 0.280. The average molecular weight is 183 g/mol. The summed E-state index contributed by atoms with van der Waals surface area (Å²) in [5.41, 5.74) is 5.60. The normalized spacial score (nSPS) is 26.9. The molecule has 4 heteroatoms. The number of amides is 1. The highest BCUT2D eigenvalue weighted by Gasteiger charge is 2.41. The van der Waals surface area contributed by atoms with Crippen molar-refractivity contribution in [2.45, 2.75) is 38.3 Å². The lowest BCUT2D eigenvalue weighted by Gasteiger charge is -2.32. The maximum atomic E-state index is 11.5. The van der Waals surface area contributed by atoms with Gasteiger partial charge in [-0.2, -0.15) is 0 Å². The molecule has 1 aliphatic carbocycles. The molecule has 2 aliphatic rings. The van der Waals surface area contributed by atoms with Crippen LogP contribution in [0.15, 0.2) is 0 Å². The van der Waals surface area contributed by atoms with Gasteiger partial charge >= 0.3 is 0 Å². The van der Waals surface area contributed by atoms with Crippen LogP contribution in [0.25, 0.3) is 0 Å². The molecule has 2 N–H and O–H groups in total. The second-order valence-electron chi connectivity index (χ2n) is 3.97. The number of hydrazine groups is 1. The molecular formula is C9H17N3O. The highest BCUT2D eigenvalue weighted by atomic mass is 16.2. The van der Waals surface area contributed by atoms with E-state index < -0.39 is 0 Å². The molecule has 1 amide bonds. The van der Waals surface area contributed by atoms with E-state index in [1.165, 1.54) is 12.8 Å². The SMILES string of the molecule is CC(CN)N1CCC(=O)N1C1CC1. The minimum Gasteiger partial charge on any atom is -0.329 e. The zero-order valence-corrected chi connectivity index (χ0v) is 8.07. The van der Waals surface area contributed by atoms with Crippen molar-refractivity contribution in [2.24, 2.45) is 5.73 Å². The maximum Gasteiger partial charge on any atom is 0.238 e. The number of carbonyl (C=O) groups excluding carboxylic acids is 1. The molecule has 0 radical (unpaired) electrons. The fraction of sp³-hybridized carbons (Fsp3) is 0.889. The van der Waals surface area contributed by atoms with Crippen LogP contribution in [0.4, 0.5) is 0 Å².